The molecule has 0 atom stereocenters. The maximum atomic E-state index is 13.9. The first-order valence-corrected chi connectivity index (χ1v) is 9.65. The minimum atomic E-state index is -0.298. The van der Waals surface area contributed by atoms with Crippen LogP contribution in [-0.4, -0.2) is 9.97 Å². The van der Waals surface area contributed by atoms with Gasteiger partial charge in [-0.15, -0.1) is 11.3 Å². The quantitative estimate of drug-likeness (QED) is 0.471. The van der Waals surface area contributed by atoms with Crippen molar-refractivity contribution in [1.82, 2.24) is 9.97 Å². The van der Waals surface area contributed by atoms with Crippen molar-refractivity contribution < 1.29 is 4.39 Å². The standard InChI is InChI=1S/C20H14BrFN2OS/c1-11-17(12-6-8-14(21)9-7-12)18-19(25)23-16(24-20(18)26-11)10-13-4-2-3-5-15(13)22/h2-9H,10H2,1H3,(H,23,24,25). The van der Waals surface area contributed by atoms with Crippen LogP contribution in [0, 0.1) is 12.7 Å². The van der Waals surface area contributed by atoms with Crippen molar-refractivity contribution in [2.24, 2.45) is 0 Å². The van der Waals surface area contributed by atoms with Gasteiger partial charge in [0.25, 0.3) is 5.56 Å². The second-order valence-corrected chi connectivity index (χ2v) is 8.12. The molecule has 130 valence electrons. The van der Waals surface area contributed by atoms with Crippen LogP contribution in [0.15, 0.2) is 57.8 Å². The van der Waals surface area contributed by atoms with Gasteiger partial charge in [-0.1, -0.05) is 46.3 Å². The van der Waals surface area contributed by atoms with Gasteiger partial charge in [-0.2, -0.15) is 0 Å². The summed E-state index contributed by atoms with van der Waals surface area (Å²) < 4.78 is 14.9. The van der Waals surface area contributed by atoms with E-state index in [9.17, 15) is 9.18 Å². The fourth-order valence-corrected chi connectivity index (χ4v) is 4.36. The highest BCUT2D eigenvalue weighted by Gasteiger charge is 2.17. The molecule has 0 spiro atoms. The molecule has 0 amide bonds. The van der Waals surface area contributed by atoms with Crippen LogP contribution in [0.3, 0.4) is 0 Å². The molecule has 0 saturated carbocycles. The number of nitrogens with zero attached hydrogens (tertiary/aromatic N) is 1. The molecule has 2 aromatic carbocycles. The molecule has 0 aliphatic rings. The van der Waals surface area contributed by atoms with E-state index in [4.69, 9.17) is 0 Å². The van der Waals surface area contributed by atoms with Crippen LogP contribution in [0.25, 0.3) is 21.3 Å². The summed E-state index contributed by atoms with van der Waals surface area (Å²) >= 11 is 4.91. The maximum absolute atomic E-state index is 13.9. The van der Waals surface area contributed by atoms with Crippen molar-refractivity contribution in [1.29, 1.82) is 0 Å². The second-order valence-electron chi connectivity index (χ2n) is 6.00. The summed E-state index contributed by atoms with van der Waals surface area (Å²) in [6.45, 7) is 1.99. The van der Waals surface area contributed by atoms with E-state index in [-0.39, 0.29) is 17.8 Å². The van der Waals surface area contributed by atoms with Crippen molar-refractivity contribution in [3.05, 3.63) is 85.4 Å². The lowest BCUT2D eigenvalue weighted by Gasteiger charge is -2.04. The highest BCUT2D eigenvalue weighted by atomic mass is 79.9. The van der Waals surface area contributed by atoms with E-state index < -0.39 is 0 Å². The lowest BCUT2D eigenvalue weighted by Crippen LogP contribution is -2.12. The lowest BCUT2D eigenvalue weighted by molar-refractivity contribution is 0.612. The zero-order valence-electron chi connectivity index (χ0n) is 13.8. The van der Waals surface area contributed by atoms with Gasteiger partial charge in [-0.05, 0) is 36.2 Å². The van der Waals surface area contributed by atoms with E-state index in [2.05, 4.69) is 25.9 Å². The summed E-state index contributed by atoms with van der Waals surface area (Å²) in [7, 11) is 0. The average molecular weight is 429 g/mol. The van der Waals surface area contributed by atoms with E-state index in [0.717, 1.165) is 20.5 Å². The molecule has 6 heteroatoms. The van der Waals surface area contributed by atoms with Gasteiger partial charge in [0.05, 0.1) is 5.39 Å². The van der Waals surface area contributed by atoms with Crippen molar-refractivity contribution >= 4 is 37.5 Å². The molecule has 4 aromatic rings. The van der Waals surface area contributed by atoms with Gasteiger partial charge in [-0.3, -0.25) is 4.79 Å². The number of nitrogens with one attached hydrogen (secondary N) is 1. The van der Waals surface area contributed by atoms with Crippen molar-refractivity contribution in [3.63, 3.8) is 0 Å². The molecule has 0 radical (unpaired) electrons. The second kappa shape index (κ2) is 6.78. The number of rotatable bonds is 3. The van der Waals surface area contributed by atoms with Crippen LogP contribution in [-0.2, 0) is 6.42 Å². The number of benzene rings is 2. The third kappa shape index (κ3) is 3.10. The number of hydrogen-bond acceptors (Lipinski definition) is 3. The summed E-state index contributed by atoms with van der Waals surface area (Å²) in [5, 5.41) is 0.590. The fraction of sp³-hybridized carbons (Fsp3) is 0.100. The highest BCUT2D eigenvalue weighted by molar-refractivity contribution is 9.10. The number of aryl methyl sites for hydroxylation is 1. The molecule has 26 heavy (non-hydrogen) atoms. The van der Waals surface area contributed by atoms with E-state index in [0.29, 0.717) is 21.6 Å². The van der Waals surface area contributed by atoms with Crippen LogP contribution in [0.2, 0.25) is 0 Å². The Labute approximate surface area is 161 Å². The van der Waals surface area contributed by atoms with E-state index >= 15 is 0 Å². The molecule has 3 nitrogen and oxygen atoms in total. The maximum Gasteiger partial charge on any atom is 0.260 e. The molecule has 2 heterocycles. The Hall–Kier alpha value is -2.31. The van der Waals surface area contributed by atoms with Gasteiger partial charge in [0.15, 0.2) is 0 Å². The number of H-pyrrole nitrogens is 1. The highest BCUT2D eigenvalue weighted by Crippen LogP contribution is 2.36. The van der Waals surface area contributed by atoms with Gasteiger partial charge in [0.1, 0.15) is 16.5 Å². The molecular formula is C20H14BrFN2OS. The molecule has 1 N–H and O–H groups in total. The largest absolute Gasteiger partial charge is 0.310 e. The van der Waals surface area contributed by atoms with E-state index in [1.54, 1.807) is 18.2 Å². The van der Waals surface area contributed by atoms with Crippen molar-refractivity contribution in [2.75, 3.05) is 0 Å². The number of aromatic nitrogens is 2. The Morgan fingerprint density at radius 2 is 1.88 bits per heavy atom. The summed E-state index contributed by atoms with van der Waals surface area (Å²) in [6.07, 6.45) is 0.252. The Bertz CT molecular complexity index is 1160. The molecule has 0 unspecified atom stereocenters. The number of thiophene rings is 1. The fourth-order valence-electron chi connectivity index (χ4n) is 3.03. The minimum Gasteiger partial charge on any atom is -0.310 e. The van der Waals surface area contributed by atoms with Crippen LogP contribution in [0.4, 0.5) is 4.39 Å². The Morgan fingerprint density at radius 3 is 2.62 bits per heavy atom. The predicted molar refractivity (Wildman–Crippen MR) is 107 cm³/mol. The Kier molecular flexibility index (Phi) is 4.46. The van der Waals surface area contributed by atoms with Crippen LogP contribution in [0.1, 0.15) is 16.3 Å². The third-order valence-electron chi connectivity index (χ3n) is 4.24. The molecule has 0 fully saturated rings. The summed E-state index contributed by atoms with van der Waals surface area (Å²) in [5.74, 6) is 0.171. The summed E-state index contributed by atoms with van der Waals surface area (Å²) in [4.78, 5) is 21.9. The normalized spacial score (nSPS) is 11.2. The summed E-state index contributed by atoms with van der Waals surface area (Å²) in [5.41, 5.74) is 2.20. The number of fused-ring (bicyclic) bond motifs is 1. The van der Waals surface area contributed by atoms with E-state index in [1.165, 1.54) is 17.4 Å². The zero-order chi connectivity index (χ0) is 18.3. The molecule has 2 aromatic heterocycles. The zero-order valence-corrected chi connectivity index (χ0v) is 16.2. The number of aromatic amines is 1. The van der Waals surface area contributed by atoms with Crippen LogP contribution < -0.4 is 5.56 Å². The third-order valence-corrected chi connectivity index (χ3v) is 5.76. The number of halogens is 2. The van der Waals surface area contributed by atoms with Gasteiger partial charge in [0, 0.05) is 21.3 Å². The first kappa shape index (κ1) is 17.1. The van der Waals surface area contributed by atoms with Gasteiger partial charge in [0.2, 0.25) is 0 Å². The molecule has 4 rings (SSSR count). The molecule has 0 bridgehead atoms. The minimum absolute atomic E-state index is 0.191. The monoisotopic (exact) mass is 428 g/mol. The van der Waals surface area contributed by atoms with Gasteiger partial charge in [-0.25, -0.2) is 9.37 Å². The van der Waals surface area contributed by atoms with Crippen LogP contribution in [0.5, 0.6) is 0 Å². The van der Waals surface area contributed by atoms with Gasteiger partial charge >= 0.3 is 0 Å². The van der Waals surface area contributed by atoms with Crippen molar-refractivity contribution in [3.8, 4) is 11.1 Å². The SMILES string of the molecule is Cc1sc2nc(Cc3ccccc3F)[nH]c(=O)c2c1-c1ccc(Br)cc1. The lowest BCUT2D eigenvalue weighted by atomic mass is 10.0. The average Bonchev–Trinajstić information content (AvgIpc) is 2.94. The topological polar surface area (TPSA) is 45.8 Å². The van der Waals surface area contributed by atoms with Crippen LogP contribution >= 0.6 is 27.3 Å². The van der Waals surface area contributed by atoms with Crippen molar-refractivity contribution in [2.45, 2.75) is 13.3 Å². The molecule has 0 aliphatic carbocycles. The molecule has 0 saturated heterocycles. The van der Waals surface area contributed by atoms with E-state index in [1.807, 2.05) is 31.2 Å². The Morgan fingerprint density at radius 1 is 1.15 bits per heavy atom. The van der Waals surface area contributed by atoms with Gasteiger partial charge < -0.3 is 4.98 Å². The first-order chi connectivity index (χ1) is 12.5. The molecule has 0 aliphatic heterocycles. The molecular weight excluding hydrogens is 415 g/mol. The first-order valence-electron chi connectivity index (χ1n) is 8.04. The number of hydrogen-bond donors (Lipinski definition) is 1. The smallest absolute Gasteiger partial charge is 0.260 e. The Balaban J connectivity index is 1.83. The summed E-state index contributed by atoms with van der Waals surface area (Å²) in [6, 6.07) is 14.4. The predicted octanol–water partition coefficient (Wildman–Crippen LogP) is 5.45.